The lowest BCUT2D eigenvalue weighted by Crippen LogP contribution is -2.32. The first kappa shape index (κ1) is 22.3. The highest BCUT2D eigenvalue weighted by molar-refractivity contribution is 7.89. The van der Waals surface area contributed by atoms with Crippen molar-refractivity contribution in [3.63, 3.8) is 0 Å². The Morgan fingerprint density at radius 3 is 2.27 bits per heavy atom. The molecule has 1 aliphatic rings. The number of carbonyl (C=O) groups is 1. The van der Waals surface area contributed by atoms with Gasteiger partial charge in [0.05, 0.1) is 23.6 Å². The first-order valence-corrected chi connectivity index (χ1v) is 11.8. The van der Waals surface area contributed by atoms with Crippen LogP contribution in [-0.2, 0) is 10.0 Å². The lowest BCUT2D eigenvalue weighted by molar-refractivity contribution is 0.0936. The normalized spacial score (nSPS) is 16.5. The third kappa shape index (κ3) is 5.02. The molecule has 1 heterocycles. The van der Waals surface area contributed by atoms with E-state index < -0.39 is 10.0 Å². The summed E-state index contributed by atoms with van der Waals surface area (Å²) in [5.41, 5.74) is 2.33. The van der Waals surface area contributed by atoms with Gasteiger partial charge < -0.3 is 10.1 Å². The van der Waals surface area contributed by atoms with E-state index in [0.717, 1.165) is 36.8 Å². The molecule has 2 aromatic rings. The fraction of sp³-hybridized carbons (Fsp3) is 0.435. The summed E-state index contributed by atoms with van der Waals surface area (Å²) in [6, 6.07) is 12.2. The second-order valence-corrected chi connectivity index (χ2v) is 9.72. The Hall–Kier alpha value is -2.38. The van der Waals surface area contributed by atoms with Crippen molar-refractivity contribution in [1.29, 1.82) is 0 Å². The van der Waals surface area contributed by atoms with Crippen molar-refractivity contribution in [3.05, 3.63) is 59.2 Å². The van der Waals surface area contributed by atoms with Crippen molar-refractivity contribution < 1.29 is 17.9 Å². The number of amides is 1. The Morgan fingerprint density at radius 2 is 1.67 bits per heavy atom. The van der Waals surface area contributed by atoms with Gasteiger partial charge in [-0.15, -0.1) is 0 Å². The van der Waals surface area contributed by atoms with Gasteiger partial charge in [0.25, 0.3) is 5.91 Å². The molecule has 162 valence electrons. The molecule has 0 aromatic heterocycles. The van der Waals surface area contributed by atoms with Gasteiger partial charge in [-0.3, -0.25) is 4.79 Å². The fourth-order valence-corrected chi connectivity index (χ4v) is 5.21. The van der Waals surface area contributed by atoms with E-state index in [1.807, 2.05) is 38.1 Å². The minimum Gasteiger partial charge on any atom is -0.496 e. The van der Waals surface area contributed by atoms with Crippen LogP contribution in [0, 0.1) is 6.92 Å². The summed E-state index contributed by atoms with van der Waals surface area (Å²) in [6.07, 6.45) is 3.80. The van der Waals surface area contributed by atoms with Crippen molar-refractivity contribution in [3.8, 4) is 5.75 Å². The zero-order chi connectivity index (χ0) is 21.7. The van der Waals surface area contributed by atoms with Crippen molar-refractivity contribution in [1.82, 2.24) is 9.62 Å². The second-order valence-electron chi connectivity index (χ2n) is 7.79. The minimum atomic E-state index is -3.65. The topological polar surface area (TPSA) is 75.7 Å². The molecular formula is C23H30N2O4S. The molecule has 3 rings (SSSR count). The number of rotatable bonds is 6. The lowest BCUT2D eigenvalue weighted by Gasteiger charge is -2.21. The van der Waals surface area contributed by atoms with Gasteiger partial charge in [-0.1, -0.05) is 42.7 Å². The average molecular weight is 431 g/mol. The molecule has 7 heteroatoms. The molecule has 1 aliphatic heterocycles. The summed E-state index contributed by atoms with van der Waals surface area (Å²) in [5.74, 6) is -0.0220. The van der Waals surface area contributed by atoms with Crippen LogP contribution in [0.5, 0.6) is 5.75 Å². The van der Waals surface area contributed by atoms with Crippen molar-refractivity contribution in [2.75, 3.05) is 20.2 Å². The molecule has 1 fully saturated rings. The van der Waals surface area contributed by atoms with Gasteiger partial charge in [0.15, 0.2) is 0 Å². The average Bonchev–Trinajstić information content (AvgIpc) is 3.03. The Kier molecular flexibility index (Phi) is 7.15. The van der Waals surface area contributed by atoms with Gasteiger partial charge in [0, 0.05) is 13.1 Å². The highest BCUT2D eigenvalue weighted by Crippen LogP contribution is 2.27. The van der Waals surface area contributed by atoms with E-state index in [1.165, 1.54) is 23.5 Å². The zero-order valence-corrected chi connectivity index (χ0v) is 18.7. The third-order valence-corrected chi connectivity index (χ3v) is 7.44. The second kappa shape index (κ2) is 9.62. The summed E-state index contributed by atoms with van der Waals surface area (Å²) in [5, 5.41) is 2.95. The first-order chi connectivity index (χ1) is 14.3. The highest BCUT2D eigenvalue weighted by atomic mass is 32.2. The Morgan fingerprint density at radius 1 is 1.03 bits per heavy atom. The van der Waals surface area contributed by atoms with Gasteiger partial charge in [-0.2, -0.15) is 4.31 Å². The quantitative estimate of drug-likeness (QED) is 0.750. The van der Waals surface area contributed by atoms with Crippen LogP contribution in [0.15, 0.2) is 47.4 Å². The Labute approximate surface area is 179 Å². The summed E-state index contributed by atoms with van der Waals surface area (Å²) < 4.78 is 33.1. The van der Waals surface area contributed by atoms with Crippen LogP contribution in [-0.4, -0.2) is 38.8 Å². The molecule has 1 saturated heterocycles. The number of carbonyl (C=O) groups excluding carboxylic acids is 1. The SMILES string of the molecule is COc1ccc(S(=O)(=O)N2CCCCCC2)cc1C(=O)N[C@@H](C)c1ccc(C)cc1. The van der Waals surface area contributed by atoms with Crippen LogP contribution in [0.2, 0.25) is 0 Å². The zero-order valence-electron chi connectivity index (χ0n) is 17.8. The van der Waals surface area contributed by atoms with Crippen LogP contribution in [0.3, 0.4) is 0 Å². The smallest absolute Gasteiger partial charge is 0.255 e. The van der Waals surface area contributed by atoms with Crippen molar-refractivity contribution >= 4 is 15.9 Å². The number of aryl methyl sites for hydroxylation is 1. The van der Waals surface area contributed by atoms with Gasteiger partial charge in [-0.25, -0.2) is 8.42 Å². The maximum absolute atomic E-state index is 13.1. The van der Waals surface area contributed by atoms with E-state index in [1.54, 1.807) is 6.07 Å². The molecule has 6 nitrogen and oxygen atoms in total. The molecule has 1 N–H and O–H groups in total. The first-order valence-electron chi connectivity index (χ1n) is 10.4. The molecule has 30 heavy (non-hydrogen) atoms. The number of methoxy groups -OCH3 is 1. The molecule has 1 amide bonds. The summed E-state index contributed by atoms with van der Waals surface area (Å²) in [4.78, 5) is 13.1. The number of nitrogens with one attached hydrogen (secondary N) is 1. The van der Waals surface area contributed by atoms with Crippen LogP contribution in [0.4, 0.5) is 0 Å². The van der Waals surface area contributed by atoms with Crippen LogP contribution in [0.1, 0.15) is 60.1 Å². The molecule has 2 aromatic carbocycles. The highest BCUT2D eigenvalue weighted by Gasteiger charge is 2.27. The van der Waals surface area contributed by atoms with Crippen LogP contribution in [0.25, 0.3) is 0 Å². The van der Waals surface area contributed by atoms with Crippen LogP contribution >= 0.6 is 0 Å². The van der Waals surface area contributed by atoms with Crippen molar-refractivity contribution in [2.24, 2.45) is 0 Å². The van der Waals surface area contributed by atoms with E-state index in [-0.39, 0.29) is 22.4 Å². The molecular weight excluding hydrogens is 400 g/mol. The van der Waals surface area contributed by atoms with Crippen molar-refractivity contribution in [2.45, 2.75) is 50.5 Å². The van der Waals surface area contributed by atoms with Gasteiger partial charge >= 0.3 is 0 Å². The minimum absolute atomic E-state index is 0.123. The number of sulfonamides is 1. The molecule has 0 unspecified atom stereocenters. The number of benzene rings is 2. The maximum Gasteiger partial charge on any atom is 0.255 e. The molecule has 0 aliphatic carbocycles. The molecule has 0 saturated carbocycles. The monoisotopic (exact) mass is 430 g/mol. The number of nitrogens with zero attached hydrogens (tertiary/aromatic N) is 1. The summed E-state index contributed by atoms with van der Waals surface area (Å²) in [6.45, 7) is 4.93. The van der Waals surface area contributed by atoms with E-state index >= 15 is 0 Å². The Balaban J connectivity index is 1.86. The molecule has 0 radical (unpaired) electrons. The molecule has 1 atom stereocenters. The predicted molar refractivity (Wildman–Crippen MR) is 117 cm³/mol. The van der Waals surface area contributed by atoms with Gasteiger partial charge in [0.2, 0.25) is 10.0 Å². The fourth-order valence-electron chi connectivity index (χ4n) is 3.67. The van der Waals surface area contributed by atoms with Gasteiger partial charge in [0.1, 0.15) is 5.75 Å². The van der Waals surface area contributed by atoms with Crippen LogP contribution < -0.4 is 10.1 Å². The lowest BCUT2D eigenvalue weighted by atomic mass is 10.1. The summed E-state index contributed by atoms with van der Waals surface area (Å²) in [7, 11) is -2.18. The molecule has 0 spiro atoms. The maximum atomic E-state index is 13.1. The van der Waals surface area contributed by atoms with E-state index in [4.69, 9.17) is 4.74 Å². The number of hydrogen-bond donors (Lipinski definition) is 1. The predicted octanol–water partition coefficient (Wildman–Crippen LogP) is 4.06. The van der Waals surface area contributed by atoms with E-state index in [0.29, 0.717) is 18.8 Å². The number of ether oxygens (including phenoxy) is 1. The van der Waals surface area contributed by atoms with E-state index in [9.17, 15) is 13.2 Å². The molecule has 0 bridgehead atoms. The number of hydrogen-bond acceptors (Lipinski definition) is 4. The Bertz CT molecular complexity index is 979. The summed E-state index contributed by atoms with van der Waals surface area (Å²) >= 11 is 0. The largest absolute Gasteiger partial charge is 0.496 e. The van der Waals surface area contributed by atoms with Gasteiger partial charge in [-0.05, 0) is 50.5 Å². The standard InChI is InChI=1S/C23H30N2O4S/c1-17-8-10-19(11-9-17)18(2)24-23(26)21-16-20(12-13-22(21)29-3)30(27,28)25-14-6-4-5-7-15-25/h8-13,16,18H,4-7,14-15H2,1-3H3,(H,24,26)/t18-/m0/s1. The van der Waals surface area contributed by atoms with E-state index in [2.05, 4.69) is 5.32 Å². The third-order valence-electron chi connectivity index (χ3n) is 5.54.